The number of rotatable bonds is 3. The average molecular weight is 302 g/mol. The highest BCUT2D eigenvalue weighted by Crippen LogP contribution is 2.28. The van der Waals surface area contributed by atoms with Gasteiger partial charge in [0.15, 0.2) is 0 Å². The number of halogens is 2. The van der Waals surface area contributed by atoms with Gasteiger partial charge in [0.1, 0.15) is 0 Å². The molecule has 1 N–H and O–H groups in total. The van der Waals surface area contributed by atoms with E-state index in [1.54, 1.807) is 18.6 Å². The Hall–Kier alpha value is -0.770. The first-order valence-electron chi connectivity index (χ1n) is 4.81. The van der Waals surface area contributed by atoms with Gasteiger partial charge in [-0.15, -0.1) is 0 Å². The molecule has 0 saturated heterocycles. The van der Waals surface area contributed by atoms with Crippen LogP contribution in [0.25, 0.3) is 0 Å². The quantitative estimate of drug-likeness (QED) is 0.930. The van der Waals surface area contributed by atoms with E-state index in [9.17, 15) is 5.11 Å². The van der Waals surface area contributed by atoms with E-state index >= 15 is 0 Å². The lowest BCUT2D eigenvalue weighted by molar-refractivity contribution is 0.178. The molecular formula is C12H10BrClO2. The third-order valence-electron chi connectivity index (χ3n) is 2.33. The number of aliphatic hydroxyl groups excluding tert-OH is 1. The fraction of sp³-hybridized carbons (Fsp3) is 0.167. The van der Waals surface area contributed by atoms with Crippen LogP contribution in [-0.2, 0) is 6.42 Å². The molecule has 1 aromatic carbocycles. The minimum atomic E-state index is -0.623. The predicted molar refractivity (Wildman–Crippen MR) is 66.5 cm³/mol. The van der Waals surface area contributed by atoms with Crippen molar-refractivity contribution < 1.29 is 9.52 Å². The molecule has 0 amide bonds. The molecule has 4 heteroatoms. The standard InChI is InChI=1S/C12H10BrClO2/c13-9-1-2-11(14)10(6-9)12(15)5-8-3-4-16-7-8/h1-4,6-7,12,15H,5H2. The number of benzene rings is 1. The summed E-state index contributed by atoms with van der Waals surface area (Å²) >= 11 is 9.38. The Morgan fingerprint density at radius 3 is 2.88 bits per heavy atom. The zero-order chi connectivity index (χ0) is 11.5. The molecule has 0 radical (unpaired) electrons. The lowest BCUT2D eigenvalue weighted by atomic mass is 10.0. The van der Waals surface area contributed by atoms with Gasteiger partial charge in [-0.2, -0.15) is 0 Å². The van der Waals surface area contributed by atoms with Gasteiger partial charge in [0.2, 0.25) is 0 Å². The van der Waals surface area contributed by atoms with Crippen LogP contribution < -0.4 is 0 Å². The lowest BCUT2D eigenvalue weighted by Crippen LogP contribution is -2.01. The van der Waals surface area contributed by atoms with Gasteiger partial charge >= 0.3 is 0 Å². The van der Waals surface area contributed by atoms with Gasteiger partial charge < -0.3 is 9.52 Å². The molecule has 1 heterocycles. The third kappa shape index (κ3) is 2.67. The monoisotopic (exact) mass is 300 g/mol. The molecule has 2 aromatic rings. The van der Waals surface area contributed by atoms with Gasteiger partial charge in [0.05, 0.1) is 18.6 Å². The normalized spacial score (nSPS) is 12.7. The van der Waals surface area contributed by atoms with Crippen LogP contribution in [0.15, 0.2) is 45.7 Å². The number of hydrogen-bond donors (Lipinski definition) is 1. The zero-order valence-electron chi connectivity index (χ0n) is 8.36. The van der Waals surface area contributed by atoms with Crippen LogP contribution in [-0.4, -0.2) is 5.11 Å². The van der Waals surface area contributed by atoms with E-state index < -0.39 is 6.10 Å². The Kier molecular flexibility index (Phi) is 3.69. The molecule has 16 heavy (non-hydrogen) atoms. The average Bonchev–Trinajstić information content (AvgIpc) is 2.74. The van der Waals surface area contributed by atoms with E-state index in [1.165, 1.54) is 0 Å². The summed E-state index contributed by atoms with van der Waals surface area (Å²) in [5.74, 6) is 0. The van der Waals surface area contributed by atoms with Crippen molar-refractivity contribution in [2.24, 2.45) is 0 Å². The van der Waals surface area contributed by atoms with Gasteiger partial charge in [-0.3, -0.25) is 0 Å². The van der Waals surface area contributed by atoms with Crippen LogP contribution in [0.3, 0.4) is 0 Å². The Balaban J connectivity index is 2.20. The second-order valence-corrected chi connectivity index (χ2v) is 4.84. The molecule has 2 nitrogen and oxygen atoms in total. The molecule has 1 atom stereocenters. The van der Waals surface area contributed by atoms with Crippen molar-refractivity contribution in [2.75, 3.05) is 0 Å². The van der Waals surface area contributed by atoms with Crippen LogP contribution in [0.4, 0.5) is 0 Å². The largest absolute Gasteiger partial charge is 0.472 e. The molecule has 0 saturated carbocycles. The van der Waals surface area contributed by atoms with E-state index in [4.69, 9.17) is 16.0 Å². The summed E-state index contributed by atoms with van der Waals surface area (Å²) in [6.45, 7) is 0. The minimum Gasteiger partial charge on any atom is -0.472 e. The number of aliphatic hydroxyl groups is 1. The summed E-state index contributed by atoms with van der Waals surface area (Å²) in [7, 11) is 0. The molecule has 1 aromatic heterocycles. The van der Waals surface area contributed by atoms with E-state index in [0.717, 1.165) is 15.6 Å². The Morgan fingerprint density at radius 1 is 1.38 bits per heavy atom. The number of furan rings is 1. The van der Waals surface area contributed by atoms with Gasteiger partial charge in [-0.1, -0.05) is 27.5 Å². The van der Waals surface area contributed by atoms with Crippen molar-refractivity contribution in [2.45, 2.75) is 12.5 Å². The molecule has 0 aliphatic heterocycles. The van der Waals surface area contributed by atoms with E-state index in [2.05, 4.69) is 15.9 Å². The van der Waals surface area contributed by atoms with Gasteiger partial charge in [0, 0.05) is 21.5 Å². The van der Waals surface area contributed by atoms with Gasteiger partial charge in [0.25, 0.3) is 0 Å². The second kappa shape index (κ2) is 5.04. The summed E-state index contributed by atoms with van der Waals surface area (Å²) in [5, 5.41) is 10.6. The van der Waals surface area contributed by atoms with Crippen molar-refractivity contribution in [1.29, 1.82) is 0 Å². The van der Waals surface area contributed by atoms with E-state index in [1.807, 2.05) is 18.2 Å². The molecular weight excluding hydrogens is 291 g/mol. The van der Waals surface area contributed by atoms with Gasteiger partial charge in [-0.05, 0) is 29.8 Å². The summed E-state index contributed by atoms with van der Waals surface area (Å²) in [5.41, 5.74) is 1.67. The van der Waals surface area contributed by atoms with Crippen LogP contribution in [0.5, 0.6) is 0 Å². The second-order valence-electron chi connectivity index (χ2n) is 3.52. The first-order chi connectivity index (χ1) is 7.66. The first kappa shape index (κ1) is 11.7. The highest BCUT2D eigenvalue weighted by Gasteiger charge is 2.13. The molecule has 1 unspecified atom stereocenters. The smallest absolute Gasteiger partial charge is 0.0935 e. The molecule has 0 aliphatic rings. The summed E-state index contributed by atoms with van der Waals surface area (Å²) in [6.07, 6.45) is 3.08. The maximum Gasteiger partial charge on any atom is 0.0935 e. The van der Waals surface area contributed by atoms with Crippen molar-refractivity contribution in [3.8, 4) is 0 Å². The molecule has 0 bridgehead atoms. The van der Waals surface area contributed by atoms with E-state index in [0.29, 0.717) is 11.4 Å². The summed E-state index contributed by atoms with van der Waals surface area (Å²) in [4.78, 5) is 0. The van der Waals surface area contributed by atoms with Crippen LogP contribution in [0.1, 0.15) is 17.2 Å². The third-order valence-corrected chi connectivity index (χ3v) is 3.16. The Bertz CT molecular complexity index is 468. The SMILES string of the molecule is OC(Cc1ccoc1)c1cc(Br)ccc1Cl. The fourth-order valence-corrected chi connectivity index (χ4v) is 2.13. The summed E-state index contributed by atoms with van der Waals surface area (Å²) < 4.78 is 5.85. The highest BCUT2D eigenvalue weighted by atomic mass is 79.9. The van der Waals surface area contributed by atoms with E-state index in [-0.39, 0.29) is 0 Å². The van der Waals surface area contributed by atoms with Crippen molar-refractivity contribution in [3.63, 3.8) is 0 Å². The van der Waals surface area contributed by atoms with Crippen molar-refractivity contribution in [1.82, 2.24) is 0 Å². The Morgan fingerprint density at radius 2 is 2.19 bits per heavy atom. The zero-order valence-corrected chi connectivity index (χ0v) is 10.7. The molecule has 84 valence electrons. The van der Waals surface area contributed by atoms with Crippen molar-refractivity contribution in [3.05, 3.63) is 57.4 Å². The highest BCUT2D eigenvalue weighted by molar-refractivity contribution is 9.10. The minimum absolute atomic E-state index is 0.493. The predicted octanol–water partition coefficient (Wildman–Crippen LogP) is 3.97. The molecule has 0 spiro atoms. The fourth-order valence-electron chi connectivity index (χ4n) is 1.51. The van der Waals surface area contributed by atoms with Gasteiger partial charge in [-0.25, -0.2) is 0 Å². The maximum absolute atomic E-state index is 10.1. The lowest BCUT2D eigenvalue weighted by Gasteiger charge is -2.12. The van der Waals surface area contributed by atoms with Crippen LogP contribution in [0, 0.1) is 0 Å². The van der Waals surface area contributed by atoms with Crippen molar-refractivity contribution >= 4 is 27.5 Å². The van der Waals surface area contributed by atoms with Crippen LogP contribution in [0.2, 0.25) is 5.02 Å². The molecule has 2 rings (SSSR count). The maximum atomic E-state index is 10.1. The first-order valence-corrected chi connectivity index (χ1v) is 5.98. The topological polar surface area (TPSA) is 33.4 Å². The molecule has 0 fully saturated rings. The molecule has 0 aliphatic carbocycles. The number of hydrogen-bond acceptors (Lipinski definition) is 2. The Labute approximate surface area is 107 Å². The summed E-state index contributed by atoms with van der Waals surface area (Å²) in [6, 6.07) is 7.26. The van der Waals surface area contributed by atoms with Crippen LogP contribution >= 0.6 is 27.5 Å².